The van der Waals surface area contributed by atoms with Crippen molar-refractivity contribution in [2.45, 2.75) is 64.6 Å². The summed E-state index contributed by atoms with van der Waals surface area (Å²) in [7, 11) is 2.06. The summed E-state index contributed by atoms with van der Waals surface area (Å²) in [6, 6.07) is 5.52. The van der Waals surface area contributed by atoms with Crippen LogP contribution in [0.1, 0.15) is 67.4 Å². The fourth-order valence-corrected chi connectivity index (χ4v) is 4.99. The van der Waals surface area contributed by atoms with E-state index in [1.165, 1.54) is 24.8 Å². The summed E-state index contributed by atoms with van der Waals surface area (Å²) in [5, 5.41) is 9.88. The van der Waals surface area contributed by atoms with Gasteiger partial charge in [0.2, 0.25) is 5.88 Å². The van der Waals surface area contributed by atoms with Crippen LogP contribution in [0.15, 0.2) is 36.8 Å². The van der Waals surface area contributed by atoms with E-state index < -0.39 is 0 Å². The van der Waals surface area contributed by atoms with Gasteiger partial charge < -0.3 is 14.7 Å². The first-order valence-electron chi connectivity index (χ1n) is 13.1. The van der Waals surface area contributed by atoms with E-state index >= 15 is 0 Å². The minimum atomic E-state index is -0.307. The number of likely N-dealkylation sites (N-methyl/N-ethyl adjacent to an activating group) is 1. The van der Waals surface area contributed by atoms with Crippen LogP contribution in [0.5, 0.6) is 5.88 Å². The van der Waals surface area contributed by atoms with Crippen molar-refractivity contribution in [2.24, 2.45) is 11.8 Å². The second-order valence-electron chi connectivity index (χ2n) is 10.4. The third-order valence-electron chi connectivity index (χ3n) is 7.24. The first-order valence-corrected chi connectivity index (χ1v) is 13.1. The molecule has 2 aromatic rings. The Morgan fingerprint density at radius 3 is 2.72 bits per heavy atom. The van der Waals surface area contributed by atoms with Gasteiger partial charge in [0.15, 0.2) is 0 Å². The van der Waals surface area contributed by atoms with Crippen LogP contribution in [-0.4, -0.2) is 69.7 Å². The Bertz CT molecular complexity index is 1070. The Kier molecular flexibility index (Phi) is 8.95. The van der Waals surface area contributed by atoms with E-state index in [9.17, 15) is 9.90 Å². The number of hydrogen-bond donors (Lipinski definition) is 1. The third-order valence-corrected chi connectivity index (χ3v) is 7.24. The molecule has 7 heteroatoms. The smallest absolute Gasteiger partial charge is 0.259 e. The van der Waals surface area contributed by atoms with Gasteiger partial charge in [-0.05, 0) is 50.6 Å². The highest BCUT2D eigenvalue weighted by molar-refractivity contribution is 5.97. The summed E-state index contributed by atoms with van der Waals surface area (Å²) >= 11 is 0. The van der Waals surface area contributed by atoms with Crippen LogP contribution in [0.2, 0.25) is 0 Å². The van der Waals surface area contributed by atoms with Crippen LogP contribution >= 0.6 is 0 Å². The number of aliphatic hydroxyl groups excluding tert-OH is 1. The number of aliphatic hydroxyl groups is 1. The van der Waals surface area contributed by atoms with E-state index in [0.717, 1.165) is 24.9 Å². The zero-order valence-corrected chi connectivity index (χ0v) is 21.7. The van der Waals surface area contributed by atoms with Crippen molar-refractivity contribution in [2.75, 3.05) is 26.7 Å². The lowest BCUT2D eigenvalue weighted by molar-refractivity contribution is 0.0325. The lowest BCUT2D eigenvalue weighted by atomic mass is 9.90. The third kappa shape index (κ3) is 6.63. The molecule has 0 unspecified atom stereocenters. The second-order valence-corrected chi connectivity index (χ2v) is 10.4. The number of rotatable bonds is 6. The maximum Gasteiger partial charge on any atom is 0.259 e. The predicted molar refractivity (Wildman–Crippen MR) is 139 cm³/mol. The molecule has 0 radical (unpaired) electrons. The number of ether oxygens (including phenoxy) is 1. The summed E-state index contributed by atoms with van der Waals surface area (Å²) in [5.74, 6) is 7.28. The normalized spacial score (nSPS) is 21.6. The van der Waals surface area contributed by atoms with Crippen molar-refractivity contribution in [3.63, 3.8) is 0 Å². The van der Waals surface area contributed by atoms with Gasteiger partial charge in [-0.25, -0.2) is 4.98 Å². The monoisotopic (exact) mass is 490 g/mol. The van der Waals surface area contributed by atoms with Crippen molar-refractivity contribution in [1.82, 2.24) is 19.8 Å². The van der Waals surface area contributed by atoms with Crippen molar-refractivity contribution < 1.29 is 14.6 Å². The summed E-state index contributed by atoms with van der Waals surface area (Å²) < 4.78 is 6.42. The molecule has 3 heterocycles. The van der Waals surface area contributed by atoms with E-state index in [1.807, 2.05) is 25.1 Å². The lowest BCUT2D eigenvalue weighted by Crippen LogP contribution is -2.49. The molecule has 0 aromatic carbocycles. The quantitative estimate of drug-likeness (QED) is 0.622. The van der Waals surface area contributed by atoms with Gasteiger partial charge in [-0.15, -0.1) is 0 Å². The number of carbonyl (C=O) groups is 1. The van der Waals surface area contributed by atoms with Crippen LogP contribution in [0, 0.1) is 23.7 Å². The molecule has 36 heavy (non-hydrogen) atoms. The Labute approximate surface area is 214 Å². The highest BCUT2D eigenvalue weighted by Crippen LogP contribution is 2.28. The molecule has 1 N–H and O–H groups in total. The van der Waals surface area contributed by atoms with Crippen LogP contribution in [0.4, 0.5) is 0 Å². The maximum atomic E-state index is 13.6. The second kappa shape index (κ2) is 12.3. The molecule has 2 aromatic heterocycles. The fourth-order valence-electron chi connectivity index (χ4n) is 4.99. The number of pyridine rings is 2. The van der Waals surface area contributed by atoms with Gasteiger partial charge >= 0.3 is 0 Å². The van der Waals surface area contributed by atoms with Gasteiger partial charge in [0, 0.05) is 55.6 Å². The SMILES string of the molecule is C[C@H]1CN([C@@H](C)CO)C(=O)c2cc(C#CC3CCCCC3)cnc2O[C@H]1CN(C)Cc1ccncc1. The summed E-state index contributed by atoms with van der Waals surface area (Å²) in [6.45, 7) is 5.79. The van der Waals surface area contributed by atoms with E-state index in [-0.39, 0.29) is 30.6 Å². The number of carbonyl (C=O) groups excluding carboxylic acids is 1. The highest BCUT2D eigenvalue weighted by atomic mass is 16.5. The molecule has 7 nitrogen and oxygen atoms in total. The zero-order valence-electron chi connectivity index (χ0n) is 21.7. The minimum Gasteiger partial charge on any atom is -0.472 e. The molecule has 2 aliphatic rings. The van der Waals surface area contributed by atoms with Crippen molar-refractivity contribution in [1.29, 1.82) is 0 Å². The minimum absolute atomic E-state index is 0.0450. The molecule has 4 rings (SSSR count). The summed E-state index contributed by atoms with van der Waals surface area (Å²) in [5.41, 5.74) is 2.32. The van der Waals surface area contributed by atoms with Gasteiger partial charge in [0.1, 0.15) is 11.7 Å². The summed E-state index contributed by atoms with van der Waals surface area (Å²) in [4.78, 5) is 26.2. The van der Waals surface area contributed by atoms with Crippen LogP contribution in [-0.2, 0) is 6.54 Å². The number of amides is 1. The van der Waals surface area contributed by atoms with E-state index in [1.54, 1.807) is 23.5 Å². The van der Waals surface area contributed by atoms with E-state index in [4.69, 9.17) is 4.74 Å². The van der Waals surface area contributed by atoms with Gasteiger partial charge in [-0.2, -0.15) is 0 Å². The molecule has 3 atom stereocenters. The van der Waals surface area contributed by atoms with Crippen molar-refractivity contribution in [3.8, 4) is 17.7 Å². The molecule has 1 saturated carbocycles. The molecule has 1 amide bonds. The van der Waals surface area contributed by atoms with Gasteiger partial charge in [-0.1, -0.05) is 38.0 Å². The predicted octanol–water partition coefficient (Wildman–Crippen LogP) is 3.76. The average Bonchev–Trinajstić information content (AvgIpc) is 2.90. The summed E-state index contributed by atoms with van der Waals surface area (Å²) in [6.07, 6.45) is 11.2. The average molecular weight is 491 g/mol. The molecule has 0 saturated heterocycles. The molecule has 192 valence electrons. The molecule has 1 fully saturated rings. The van der Waals surface area contributed by atoms with Crippen LogP contribution in [0.3, 0.4) is 0 Å². The Hall–Kier alpha value is -2.95. The van der Waals surface area contributed by atoms with Crippen molar-refractivity contribution >= 4 is 5.91 Å². The van der Waals surface area contributed by atoms with Crippen LogP contribution < -0.4 is 4.74 Å². The van der Waals surface area contributed by atoms with Gasteiger partial charge in [0.25, 0.3) is 5.91 Å². The molecule has 0 bridgehead atoms. The van der Waals surface area contributed by atoms with Gasteiger partial charge in [-0.3, -0.25) is 14.7 Å². The lowest BCUT2D eigenvalue weighted by Gasteiger charge is -2.37. The van der Waals surface area contributed by atoms with Gasteiger partial charge in [0.05, 0.1) is 12.6 Å². The Morgan fingerprint density at radius 2 is 2.00 bits per heavy atom. The first-order chi connectivity index (χ1) is 17.4. The Morgan fingerprint density at radius 1 is 1.25 bits per heavy atom. The molecular weight excluding hydrogens is 452 g/mol. The standard InChI is InChI=1S/C29H38N4O3/c1-21-17-33(22(2)20-34)29(35)26-15-25(10-9-23-7-5-4-6-8-23)16-31-28(26)36-27(21)19-32(3)18-24-11-13-30-14-12-24/h11-16,21-23,27,34H,4-8,17-20H2,1-3H3/t21-,22-,27-/m0/s1. The maximum absolute atomic E-state index is 13.6. The fraction of sp³-hybridized carbons (Fsp3) is 0.552. The Balaban J connectivity index is 1.59. The number of fused-ring (bicyclic) bond motifs is 1. The number of nitrogens with zero attached hydrogens (tertiary/aromatic N) is 4. The highest BCUT2D eigenvalue weighted by Gasteiger charge is 2.34. The van der Waals surface area contributed by atoms with Crippen LogP contribution in [0.25, 0.3) is 0 Å². The molecule has 1 aliphatic heterocycles. The number of aromatic nitrogens is 2. The number of hydrogen-bond acceptors (Lipinski definition) is 6. The topological polar surface area (TPSA) is 78.8 Å². The van der Waals surface area contributed by atoms with Crippen molar-refractivity contribution in [3.05, 3.63) is 53.5 Å². The van der Waals surface area contributed by atoms with E-state index in [0.29, 0.717) is 30.5 Å². The molecular formula is C29H38N4O3. The largest absolute Gasteiger partial charge is 0.472 e. The zero-order chi connectivity index (χ0) is 25.5. The first kappa shape index (κ1) is 26.1. The van der Waals surface area contributed by atoms with E-state index in [2.05, 4.69) is 40.7 Å². The molecule has 1 aliphatic carbocycles. The molecule has 0 spiro atoms.